The molecule has 0 bridgehead atoms. The van der Waals surface area contributed by atoms with Gasteiger partial charge >= 0.3 is 0 Å². The van der Waals surface area contributed by atoms with Crippen molar-refractivity contribution >= 4 is 11.6 Å². The summed E-state index contributed by atoms with van der Waals surface area (Å²) in [6.07, 6.45) is 1.92. The van der Waals surface area contributed by atoms with Crippen LogP contribution < -0.4 is 10.5 Å². The van der Waals surface area contributed by atoms with Gasteiger partial charge in [0.05, 0.1) is 18.9 Å². The summed E-state index contributed by atoms with van der Waals surface area (Å²) in [7, 11) is 0. The molecule has 0 spiro atoms. The molecule has 0 heterocycles. The van der Waals surface area contributed by atoms with Crippen molar-refractivity contribution in [1.29, 1.82) is 0 Å². The topological polar surface area (TPSA) is 75.8 Å². The van der Waals surface area contributed by atoms with Gasteiger partial charge in [-0.1, -0.05) is 13.3 Å². The summed E-state index contributed by atoms with van der Waals surface area (Å²) in [5.74, 6) is 0.480. The van der Waals surface area contributed by atoms with Crippen molar-refractivity contribution < 1.29 is 14.6 Å². The lowest BCUT2D eigenvalue weighted by molar-refractivity contribution is 0.0719. The van der Waals surface area contributed by atoms with Gasteiger partial charge in [-0.2, -0.15) is 0 Å². The molecule has 1 aromatic carbocycles. The highest BCUT2D eigenvalue weighted by molar-refractivity contribution is 5.95. The molecule has 0 aliphatic heterocycles. The Hall–Kier alpha value is -1.75. The number of nitrogen functional groups attached to an aromatic ring is 1. The predicted molar refractivity (Wildman–Crippen MR) is 79.9 cm³/mol. The Labute approximate surface area is 120 Å². The molecule has 1 aromatic rings. The smallest absolute Gasteiger partial charge is 0.254 e. The average Bonchev–Trinajstić information content (AvgIpc) is 2.45. The van der Waals surface area contributed by atoms with Crippen LogP contribution in [0.2, 0.25) is 0 Å². The molecule has 1 rings (SSSR count). The van der Waals surface area contributed by atoms with Gasteiger partial charge in [-0.05, 0) is 31.5 Å². The zero-order valence-electron chi connectivity index (χ0n) is 12.3. The summed E-state index contributed by atoms with van der Waals surface area (Å²) in [5.41, 5.74) is 6.85. The second-order valence-corrected chi connectivity index (χ2v) is 4.55. The van der Waals surface area contributed by atoms with Gasteiger partial charge in [-0.25, -0.2) is 0 Å². The number of unbranched alkanes of at least 4 members (excludes halogenated alkanes) is 1. The average molecular weight is 280 g/mol. The Morgan fingerprint density at radius 3 is 2.65 bits per heavy atom. The van der Waals surface area contributed by atoms with Gasteiger partial charge in [0.1, 0.15) is 5.75 Å². The number of ether oxygens (including phenoxy) is 1. The molecule has 20 heavy (non-hydrogen) atoms. The van der Waals surface area contributed by atoms with Crippen molar-refractivity contribution in [3.63, 3.8) is 0 Å². The number of carbonyl (C=O) groups excluding carboxylic acids is 1. The number of nitrogens with two attached hydrogens (primary N) is 1. The van der Waals surface area contributed by atoms with Gasteiger partial charge < -0.3 is 20.5 Å². The predicted octanol–water partition coefficient (Wildman–Crippen LogP) is 1.90. The van der Waals surface area contributed by atoms with Crippen LogP contribution in [-0.2, 0) is 0 Å². The van der Waals surface area contributed by atoms with Gasteiger partial charge in [-0.15, -0.1) is 0 Å². The van der Waals surface area contributed by atoms with Gasteiger partial charge in [0.25, 0.3) is 5.91 Å². The maximum atomic E-state index is 12.4. The third-order valence-corrected chi connectivity index (χ3v) is 3.00. The van der Waals surface area contributed by atoms with Crippen molar-refractivity contribution in [2.24, 2.45) is 0 Å². The summed E-state index contributed by atoms with van der Waals surface area (Å²) in [5, 5.41) is 9.06. The maximum absolute atomic E-state index is 12.4. The third kappa shape index (κ3) is 4.42. The van der Waals surface area contributed by atoms with Gasteiger partial charge in [-0.3, -0.25) is 4.79 Å². The maximum Gasteiger partial charge on any atom is 0.254 e. The van der Waals surface area contributed by atoms with Crippen LogP contribution in [0.4, 0.5) is 5.69 Å². The summed E-state index contributed by atoms with van der Waals surface area (Å²) in [4.78, 5) is 14.0. The largest absolute Gasteiger partial charge is 0.492 e. The van der Waals surface area contributed by atoms with Crippen molar-refractivity contribution in [2.75, 3.05) is 32.0 Å². The Balaban J connectivity index is 2.85. The zero-order valence-corrected chi connectivity index (χ0v) is 12.3. The standard InChI is InChI=1S/C15H24N2O3/c1-3-5-8-17(9-10-18)15(19)12-6-7-14(20-4-2)13(16)11-12/h6-7,11,18H,3-5,8-10,16H2,1-2H3. The second kappa shape index (κ2) is 8.43. The van der Waals surface area contributed by atoms with E-state index in [1.165, 1.54) is 0 Å². The van der Waals surface area contributed by atoms with Crippen molar-refractivity contribution in [3.8, 4) is 5.75 Å². The fraction of sp³-hybridized carbons (Fsp3) is 0.533. The number of hydrogen-bond donors (Lipinski definition) is 2. The van der Waals surface area contributed by atoms with E-state index in [0.717, 1.165) is 12.8 Å². The molecular formula is C15H24N2O3. The van der Waals surface area contributed by atoms with E-state index in [2.05, 4.69) is 6.92 Å². The molecule has 5 nitrogen and oxygen atoms in total. The van der Waals surface area contributed by atoms with Crippen LogP contribution in [-0.4, -0.2) is 42.2 Å². The minimum Gasteiger partial charge on any atom is -0.492 e. The molecule has 0 aliphatic carbocycles. The van der Waals surface area contributed by atoms with E-state index in [-0.39, 0.29) is 12.5 Å². The Morgan fingerprint density at radius 1 is 1.35 bits per heavy atom. The molecule has 0 atom stereocenters. The van der Waals surface area contributed by atoms with E-state index in [1.54, 1.807) is 23.1 Å². The van der Waals surface area contributed by atoms with E-state index >= 15 is 0 Å². The molecule has 0 saturated heterocycles. The molecule has 0 aromatic heterocycles. The molecule has 0 saturated carbocycles. The van der Waals surface area contributed by atoms with Crippen molar-refractivity contribution in [1.82, 2.24) is 4.90 Å². The number of benzene rings is 1. The van der Waals surface area contributed by atoms with E-state index in [4.69, 9.17) is 15.6 Å². The lowest BCUT2D eigenvalue weighted by Gasteiger charge is -2.22. The number of aliphatic hydroxyl groups is 1. The molecule has 0 fully saturated rings. The summed E-state index contributed by atoms with van der Waals surface area (Å²) in [6.45, 7) is 5.42. The third-order valence-electron chi connectivity index (χ3n) is 3.00. The van der Waals surface area contributed by atoms with Gasteiger partial charge in [0.15, 0.2) is 0 Å². The quantitative estimate of drug-likeness (QED) is 0.713. The lowest BCUT2D eigenvalue weighted by Crippen LogP contribution is -2.34. The minimum atomic E-state index is -0.109. The van der Waals surface area contributed by atoms with Crippen molar-refractivity contribution in [2.45, 2.75) is 26.7 Å². The summed E-state index contributed by atoms with van der Waals surface area (Å²) in [6, 6.07) is 5.05. The van der Waals surface area contributed by atoms with Gasteiger partial charge in [0, 0.05) is 18.7 Å². The molecule has 112 valence electrons. The van der Waals surface area contributed by atoms with Crippen LogP contribution in [0.25, 0.3) is 0 Å². The molecule has 5 heteroatoms. The molecule has 0 unspecified atom stereocenters. The second-order valence-electron chi connectivity index (χ2n) is 4.55. The molecular weight excluding hydrogens is 256 g/mol. The number of rotatable bonds is 8. The number of anilines is 1. The Kier molecular flexibility index (Phi) is 6.87. The number of hydrogen-bond acceptors (Lipinski definition) is 4. The van der Waals surface area contributed by atoms with Crippen LogP contribution >= 0.6 is 0 Å². The fourth-order valence-electron chi connectivity index (χ4n) is 1.94. The Morgan fingerprint density at radius 2 is 2.10 bits per heavy atom. The van der Waals surface area contributed by atoms with Crippen LogP contribution in [0.1, 0.15) is 37.0 Å². The first-order chi connectivity index (χ1) is 9.63. The van der Waals surface area contributed by atoms with Gasteiger partial charge in [0.2, 0.25) is 0 Å². The van der Waals surface area contributed by atoms with E-state index in [0.29, 0.717) is 36.7 Å². The number of nitrogens with zero attached hydrogens (tertiary/aromatic N) is 1. The monoisotopic (exact) mass is 280 g/mol. The van der Waals surface area contributed by atoms with E-state index in [9.17, 15) is 4.79 Å². The molecule has 1 amide bonds. The Bertz CT molecular complexity index is 435. The molecule has 0 radical (unpaired) electrons. The SMILES string of the molecule is CCCCN(CCO)C(=O)c1ccc(OCC)c(N)c1. The zero-order chi connectivity index (χ0) is 15.0. The molecule has 3 N–H and O–H groups in total. The number of carbonyl (C=O) groups is 1. The first-order valence-electron chi connectivity index (χ1n) is 7.06. The number of aliphatic hydroxyl groups excluding tert-OH is 1. The minimum absolute atomic E-state index is 0.0397. The summed E-state index contributed by atoms with van der Waals surface area (Å²) >= 11 is 0. The van der Waals surface area contributed by atoms with Crippen molar-refractivity contribution in [3.05, 3.63) is 23.8 Å². The lowest BCUT2D eigenvalue weighted by atomic mass is 10.1. The van der Waals surface area contributed by atoms with E-state index in [1.807, 2.05) is 6.92 Å². The van der Waals surface area contributed by atoms with Crippen LogP contribution in [0.5, 0.6) is 5.75 Å². The summed E-state index contributed by atoms with van der Waals surface area (Å²) < 4.78 is 5.35. The first-order valence-corrected chi connectivity index (χ1v) is 7.06. The number of amides is 1. The van der Waals surface area contributed by atoms with Crippen LogP contribution in [0.15, 0.2) is 18.2 Å². The fourth-order valence-corrected chi connectivity index (χ4v) is 1.94. The highest BCUT2D eigenvalue weighted by Gasteiger charge is 2.16. The van der Waals surface area contributed by atoms with Crippen LogP contribution in [0.3, 0.4) is 0 Å². The first kappa shape index (κ1) is 16.3. The van der Waals surface area contributed by atoms with E-state index < -0.39 is 0 Å². The highest BCUT2D eigenvalue weighted by atomic mass is 16.5. The highest BCUT2D eigenvalue weighted by Crippen LogP contribution is 2.23. The normalized spacial score (nSPS) is 10.3. The van der Waals surface area contributed by atoms with Crippen LogP contribution in [0, 0.1) is 0 Å². The molecule has 0 aliphatic rings.